The number of carbonyl (C=O) groups is 2. The van der Waals surface area contributed by atoms with Gasteiger partial charge in [-0.05, 0) is 42.0 Å². The summed E-state index contributed by atoms with van der Waals surface area (Å²) in [6.45, 7) is 0. The molecule has 2 N–H and O–H groups in total. The van der Waals surface area contributed by atoms with Crippen molar-refractivity contribution in [1.29, 1.82) is 0 Å². The summed E-state index contributed by atoms with van der Waals surface area (Å²) in [5.41, 5.74) is 0.651. The zero-order chi connectivity index (χ0) is 18.9. The van der Waals surface area contributed by atoms with E-state index in [0.717, 1.165) is 0 Å². The molecule has 0 aliphatic carbocycles. The van der Waals surface area contributed by atoms with Gasteiger partial charge in [-0.25, -0.2) is 4.79 Å². The number of nitrogens with one attached hydrogen (secondary N) is 2. The summed E-state index contributed by atoms with van der Waals surface area (Å²) in [4.78, 5) is 22.4. The third kappa shape index (κ3) is 4.16. The van der Waals surface area contributed by atoms with Crippen LogP contribution in [0.2, 0.25) is 10.0 Å². The predicted molar refractivity (Wildman–Crippen MR) is 95.4 cm³/mol. The summed E-state index contributed by atoms with van der Waals surface area (Å²) >= 11 is 11.6. The second-order valence-corrected chi connectivity index (χ2v) is 7.60. The Labute approximate surface area is 158 Å². The van der Waals surface area contributed by atoms with Gasteiger partial charge in [0.05, 0.1) is 0 Å². The fourth-order valence-corrected chi connectivity index (χ4v) is 3.78. The predicted octanol–water partition coefficient (Wildman–Crippen LogP) is 2.94. The number of urea groups is 1. The maximum atomic E-state index is 12.3. The minimum atomic E-state index is -4.12. The van der Waals surface area contributed by atoms with Gasteiger partial charge in [0.15, 0.2) is 0 Å². The molecule has 3 rings (SSSR count). The molecule has 1 heterocycles. The summed E-state index contributed by atoms with van der Waals surface area (Å²) in [5.74, 6) is -0.487. The van der Waals surface area contributed by atoms with Crippen LogP contribution in [-0.4, -0.2) is 20.4 Å². The topological polar surface area (TPSA) is 102 Å². The number of amides is 3. The zero-order valence-electron chi connectivity index (χ0n) is 12.8. The molecule has 1 aliphatic heterocycles. The molecule has 2 aromatic carbocycles. The van der Waals surface area contributed by atoms with E-state index < -0.39 is 22.1 Å². The Morgan fingerprint density at radius 3 is 2.08 bits per heavy atom. The number of rotatable bonds is 4. The Kier molecular flexibility index (Phi) is 4.90. The summed E-state index contributed by atoms with van der Waals surface area (Å²) < 4.78 is 29.6. The van der Waals surface area contributed by atoms with E-state index in [-0.39, 0.29) is 26.4 Å². The zero-order valence-corrected chi connectivity index (χ0v) is 15.2. The fraction of sp³-hybridized carbons (Fsp3) is 0. The second kappa shape index (κ2) is 6.99. The largest absolute Gasteiger partial charge is 0.379 e. The van der Waals surface area contributed by atoms with Crippen molar-refractivity contribution in [3.63, 3.8) is 0 Å². The van der Waals surface area contributed by atoms with E-state index in [0.29, 0.717) is 5.56 Å². The molecule has 2 aromatic rings. The smallest absolute Gasteiger partial charge is 0.339 e. The molecule has 0 atom stereocenters. The lowest BCUT2D eigenvalue weighted by atomic mass is 10.2. The van der Waals surface area contributed by atoms with Crippen LogP contribution < -0.4 is 14.8 Å². The number of hydrogen-bond donors (Lipinski definition) is 2. The molecule has 0 radical (unpaired) electrons. The van der Waals surface area contributed by atoms with Gasteiger partial charge in [0.2, 0.25) is 0 Å². The third-order valence-electron chi connectivity index (χ3n) is 3.24. The van der Waals surface area contributed by atoms with Gasteiger partial charge in [0.25, 0.3) is 5.91 Å². The van der Waals surface area contributed by atoms with Gasteiger partial charge in [0.1, 0.15) is 16.3 Å². The Bertz CT molecular complexity index is 1010. The van der Waals surface area contributed by atoms with Gasteiger partial charge < -0.3 is 9.50 Å². The van der Waals surface area contributed by atoms with Crippen molar-refractivity contribution in [2.24, 2.45) is 0 Å². The van der Waals surface area contributed by atoms with Crippen LogP contribution in [0, 0.1) is 0 Å². The van der Waals surface area contributed by atoms with Gasteiger partial charge in [-0.15, -0.1) is 0 Å². The minimum Gasteiger partial charge on any atom is -0.379 e. The molecule has 1 saturated heterocycles. The maximum absolute atomic E-state index is 12.3. The summed E-state index contributed by atoms with van der Waals surface area (Å²) in [5, 5.41) is 4.75. The first-order valence-electron chi connectivity index (χ1n) is 7.08. The molecule has 1 aliphatic rings. The van der Waals surface area contributed by atoms with Crippen LogP contribution in [0.3, 0.4) is 0 Å². The fourth-order valence-electron chi connectivity index (χ4n) is 2.12. The molecule has 10 heteroatoms. The van der Waals surface area contributed by atoms with Crippen LogP contribution in [0.15, 0.2) is 53.1 Å². The summed E-state index contributed by atoms with van der Waals surface area (Å²) in [6.07, 6.45) is 1.44. The second-order valence-electron chi connectivity index (χ2n) is 5.18. The van der Waals surface area contributed by atoms with Gasteiger partial charge in [-0.2, -0.15) is 8.42 Å². The van der Waals surface area contributed by atoms with Crippen molar-refractivity contribution in [3.8, 4) is 5.75 Å². The summed E-state index contributed by atoms with van der Waals surface area (Å²) in [7, 11) is -4.12. The number of halogens is 2. The lowest BCUT2D eigenvalue weighted by molar-refractivity contribution is -0.115. The SMILES string of the molecule is O=C1NC(=O)C(=Cc2ccc(OS(=O)(=O)c3cc(Cl)cc(Cl)c3)cc2)N1. The monoisotopic (exact) mass is 412 g/mol. The molecule has 3 amide bonds. The van der Waals surface area contributed by atoms with E-state index in [1.54, 1.807) is 0 Å². The van der Waals surface area contributed by atoms with Crippen LogP contribution in [0.4, 0.5) is 4.79 Å². The van der Waals surface area contributed by atoms with Crippen molar-refractivity contribution in [2.45, 2.75) is 4.90 Å². The number of carbonyl (C=O) groups excluding carboxylic acids is 2. The van der Waals surface area contributed by atoms with Crippen molar-refractivity contribution < 1.29 is 22.2 Å². The van der Waals surface area contributed by atoms with Crippen LogP contribution in [-0.2, 0) is 14.9 Å². The van der Waals surface area contributed by atoms with Crippen LogP contribution in [0.1, 0.15) is 5.56 Å². The van der Waals surface area contributed by atoms with E-state index in [1.807, 2.05) is 0 Å². The lowest BCUT2D eigenvalue weighted by Crippen LogP contribution is -2.22. The quantitative estimate of drug-likeness (QED) is 0.456. The standard InChI is InChI=1S/C16H10Cl2N2O5S/c17-10-6-11(18)8-13(7-10)26(23,24)25-12-3-1-9(2-4-12)5-14-15(21)20-16(22)19-14/h1-8H,(H2,19,20,21,22). The molecule has 26 heavy (non-hydrogen) atoms. The molecule has 134 valence electrons. The van der Waals surface area contributed by atoms with Gasteiger partial charge in [-0.3, -0.25) is 10.1 Å². The van der Waals surface area contributed by atoms with E-state index in [2.05, 4.69) is 10.6 Å². The van der Waals surface area contributed by atoms with E-state index in [4.69, 9.17) is 27.4 Å². The van der Waals surface area contributed by atoms with E-state index >= 15 is 0 Å². The number of benzene rings is 2. The third-order valence-corrected chi connectivity index (χ3v) is 4.90. The highest BCUT2D eigenvalue weighted by molar-refractivity contribution is 7.87. The highest BCUT2D eigenvalue weighted by atomic mass is 35.5. The highest BCUT2D eigenvalue weighted by Crippen LogP contribution is 2.25. The molecule has 1 fully saturated rings. The summed E-state index contributed by atoms with van der Waals surface area (Å²) in [6, 6.07) is 9.12. The van der Waals surface area contributed by atoms with Crippen molar-refractivity contribution >= 4 is 51.3 Å². The number of hydrogen-bond acceptors (Lipinski definition) is 5. The average molecular weight is 413 g/mol. The number of imide groups is 1. The first kappa shape index (κ1) is 18.2. The first-order valence-corrected chi connectivity index (χ1v) is 9.24. The Hall–Kier alpha value is -2.55. The average Bonchev–Trinajstić information content (AvgIpc) is 2.85. The minimum absolute atomic E-state index is 0.0585. The molecule has 0 spiro atoms. The van der Waals surface area contributed by atoms with Gasteiger partial charge >= 0.3 is 16.1 Å². The molecule has 0 bridgehead atoms. The molecule has 0 saturated carbocycles. The Morgan fingerprint density at radius 2 is 1.54 bits per heavy atom. The lowest BCUT2D eigenvalue weighted by Gasteiger charge is -2.08. The molecular weight excluding hydrogens is 403 g/mol. The van der Waals surface area contributed by atoms with Gasteiger partial charge in [0, 0.05) is 10.0 Å². The van der Waals surface area contributed by atoms with E-state index in [9.17, 15) is 18.0 Å². The highest BCUT2D eigenvalue weighted by Gasteiger charge is 2.23. The molecule has 7 nitrogen and oxygen atoms in total. The molecule has 0 aromatic heterocycles. The molecular formula is C16H10Cl2N2O5S. The first-order chi connectivity index (χ1) is 12.2. The normalized spacial score (nSPS) is 15.7. The van der Waals surface area contributed by atoms with Crippen LogP contribution in [0.5, 0.6) is 5.75 Å². The van der Waals surface area contributed by atoms with Crippen molar-refractivity contribution in [3.05, 3.63) is 63.8 Å². The van der Waals surface area contributed by atoms with Crippen molar-refractivity contribution in [2.75, 3.05) is 0 Å². The maximum Gasteiger partial charge on any atom is 0.339 e. The van der Waals surface area contributed by atoms with Crippen LogP contribution in [0.25, 0.3) is 6.08 Å². The van der Waals surface area contributed by atoms with Gasteiger partial charge in [-0.1, -0.05) is 35.3 Å². The van der Waals surface area contributed by atoms with Crippen molar-refractivity contribution in [1.82, 2.24) is 10.6 Å². The Morgan fingerprint density at radius 1 is 0.923 bits per heavy atom. The Balaban J connectivity index is 1.80. The van der Waals surface area contributed by atoms with Crippen LogP contribution >= 0.6 is 23.2 Å². The molecule has 0 unspecified atom stereocenters. The van der Waals surface area contributed by atoms with E-state index in [1.165, 1.54) is 48.5 Å².